The molecular formula is C26H21NO5. The van der Waals surface area contributed by atoms with Crippen LogP contribution in [0.15, 0.2) is 60.7 Å². The summed E-state index contributed by atoms with van der Waals surface area (Å²) in [4.78, 5) is 51.9. The number of benzene rings is 2. The Bertz CT molecular complexity index is 1180. The predicted molar refractivity (Wildman–Crippen MR) is 115 cm³/mol. The molecule has 5 aliphatic rings. The van der Waals surface area contributed by atoms with Crippen molar-refractivity contribution in [2.75, 3.05) is 4.90 Å². The largest absolute Gasteiger partial charge is 0.423 e. The fourth-order valence-electron chi connectivity index (χ4n) is 5.91. The smallest absolute Gasteiger partial charge is 0.343 e. The summed E-state index contributed by atoms with van der Waals surface area (Å²) < 4.78 is 5.42. The first-order chi connectivity index (χ1) is 15.4. The van der Waals surface area contributed by atoms with Crippen molar-refractivity contribution in [2.45, 2.75) is 13.3 Å². The van der Waals surface area contributed by atoms with Crippen LogP contribution in [-0.4, -0.2) is 23.6 Å². The summed E-state index contributed by atoms with van der Waals surface area (Å²) in [6.07, 6.45) is 5.39. The summed E-state index contributed by atoms with van der Waals surface area (Å²) >= 11 is 0. The summed E-state index contributed by atoms with van der Waals surface area (Å²) in [7, 11) is 0. The van der Waals surface area contributed by atoms with Crippen LogP contribution in [0.4, 0.5) is 5.69 Å². The van der Waals surface area contributed by atoms with Crippen LogP contribution < -0.4 is 9.64 Å². The maximum Gasteiger partial charge on any atom is 0.343 e. The molecule has 2 amide bonds. The van der Waals surface area contributed by atoms with Crippen molar-refractivity contribution < 1.29 is 23.9 Å². The lowest BCUT2D eigenvalue weighted by molar-refractivity contribution is -0.124. The number of ether oxygens (including phenoxy) is 1. The number of esters is 1. The number of hydrogen-bond donors (Lipinski definition) is 0. The van der Waals surface area contributed by atoms with Gasteiger partial charge in [0.2, 0.25) is 11.8 Å². The highest BCUT2D eigenvalue weighted by Crippen LogP contribution is 2.65. The van der Waals surface area contributed by atoms with Gasteiger partial charge < -0.3 is 4.74 Å². The second kappa shape index (κ2) is 6.73. The molecule has 6 nitrogen and oxygen atoms in total. The molecule has 2 saturated carbocycles. The molecule has 1 heterocycles. The molecule has 2 aromatic carbocycles. The van der Waals surface area contributed by atoms with Crippen LogP contribution in [0.1, 0.15) is 34.1 Å². The van der Waals surface area contributed by atoms with Gasteiger partial charge in [-0.1, -0.05) is 18.2 Å². The minimum Gasteiger partial charge on any atom is -0.423 e. The lowest BCUT2D eigenvalue weighted by Gasteiger charge is -2.37. The zero-order valence-corrected chi connectivity index (χ0v) is 17.4. The summed E-state index contributed by atoms with van der Waals surface area (Å²) in [6, 6.07) is 12.8. The van der Waals surface area contributed by atoms with E-state index in [2.05, 4.69) is 12.2 Å². The molecule has 160 valence electrons. The number of imide groups is 1. The van der Waals surface area contributed by atoms with Crippen molar-refractivity contribution in [3.05, 3.63) is 71.8 Å². The third kappa shape index (κ3) is 2.72. The molecular weight excluding hydrogens is 406 g/mol. The number of Topliss-reactive ketones (excluding diaryl/α,β-unsaturated/α-hetero) is 1. The van der Waals surface area contributed by atoms with Crippen LogP contribution in [0.2, 0.25) is 0 Å². The molecule has 1 saturated heterocycles. The number of carbonyl (C=O) groups is 4. The first-order valence-electron chi connectivity index (χ1n) is 10.9. The maximum absolute atomic E-state index is 13.3. The van der Waals surface area contributed by atoms with Gasteiger partial charge in [-0.15, -0.1) is 0 Å². The number of anilines is 1. The van der Waals surface area contributed by atoms with E-state index in [1.54, 1.807) is 42.5 Å². The Morgan fingerprint density at radius 2 is 1.50 bits per heavy atom. The van der Waals surface area contributed by atoms with Crippen molar-refractivity contribution in [3.8, 4) is 5.75 Å². The van der Waals surface area contributed by atoms with Crippen molar-refractivity contribution in [1.29, 1.82) is 0 Å². The van der Waals surface area contributed by atoms with Gasteiger partial charge in [-0.25, -0.2) is 9.69 Å². The molecule has 0 unspecified atom stereocenters. The molecule has 6 heteroatoms. The number of hydrogen-bond acceptors (Lipinski definition) is 5. The summed E-state index contributed by atoms with van der Waals surface area (Å²) in [5, 5.41) is 0. The zero-order chi connectivity index (χ0) is 22.1. The predicted octanol–water partition coefficient (Wildman–Crippen LogP) is 3.67. The van der Waals surface area contributed by atoms with E-state index in [4.69, 9.17) is 4.74 Å². The molecule has 3 fully saturated rings. The summed E-state index contributed by atoms with van der Waals surface area (Å²) in [5.74, 6) is 0.159. The van der Waals surface area contributed by atoms with Crippen LogP contribution in [0.25, 0.3) is 0 Å². The first kappa shape index (κ1) is 19.2. The molecule has 0 radical (unpaired) electrons. The molecule has 6 atom stereocenters. The van der Waals surface area contributed by atoms with Crippen LogP contribution in [0, 0.1) is 35.5 Å². The van der Waals surface area contributed by atoms with Crippen molar-refractivity contribution in [1.82, 2.24) is 0 Å². The Labute approximate surface area is 184 Å². The Morgan fingerprint density at radius 1 is 0.875 bits per heavy atom. The molecule has 32 heavy (non-hydrogen) atoms. The van der Waals surface area contributed by atoms with Gasteiger partial charge in [0, 0.05) is 5.56 Å². The number of nitrogens with zero attached hydrogens (tertiary/aromatic N) is 1. The minimum absolute atomic E-state index is 0.0722. The summed E-state index contributed by atoms with van der Waals surface area (Å²) in [6.45, 7) is 1.47. The van der Waals surface area contributed by atoms with Gasteiger partial charge in [0.25, 0.3) is 0 Å². The lowest BCUT2D eigenvalue weighted by Crippen LogP contribution is -2.40. The van der Waals surface area contributed by atoms with Crippen LogP contribution >= 0.6 is 0 Å². The van der Waals surface area contributed by atoms with Crippen LogP contribution in [0.5, 0.6) is 5.75 Å². The van der Waals surface area contributed by atoms with E-state index in [0.717, 1.165) is 6.42 Å². The maximum atomic E-state index is 13.3. The first-order valence-corrected chi connectivity index (χ1v) is 10.9. The van der Waals surface area contributed by atoms with E-state index in [0.29, 0.717) is 28.8 Å². The molecule has 4 aliphatic carbocycles. The van der Waals surface area contributed by atoms with Gasteiger partial charge in [0.05, 0.1) is 23.1 Å². The quantitative estimate of drug-likeness (QED) is 0.245. The van der Waals surface area contributed by atoms with Gasteiger partial charge in [-0.05, 0) is 79.5 Å². The fraction of sp³-hybridized carbons (Fsp3) is 0.308. The highest BCUT2D eigenvalue weighted by molar-refractivity contribution is 6.23. The van der Waals surface area contributed by atoms with Gasteiger partial charge >= 0.3 is 5.97 Å². The average Bonchev–Trinajstić information content (AvgIpc) is 3.57. The molecule has 0 spiro atoms. The highest BCUT2D eigenvalue weighted by atomic mass is 16.5. The average molecular weight is 427 g/mol. The standard InChI is InChI=1S/C26H21NO5/c1-13(28)14-5-7-17(8-6-14)32-26(31)15-3-2-4-16(11-15)27-24(29)22-18-9-10-19(21-12-20(18)21)23(22)25(27)30/h2-11,18-23H,12H2,1H3/t18-,19-,20-,21+,22-,23+/m0/s1. The second-order valence-corrected chi connectivity index (χ2v) is 9.19. The monoisotopic (exact) mass is 427 g/mol. The van der Waals surface area contributed by atoms with Crippen LogP contribution in [0.3, 0.4) is 0 Å². The topological polar surface area (TPSA) is 80.8 Å². The van der Waals surface area contributed by atoms with Crippen molar-refractivity contribution >= 4 is 29.3 Å². The van der Waals surface area contributed by atoms with Gasteiger partial charge in [-0.3, -0.25) is 14.4 Å². The van der Waals surface area contributed by atoms with E-state index >= 15 is 0 Å². The highest BCUT2D eigenvalue weighted by Gasteiger charge is 2.67. The van der Waals surface area contributed by atoms with E-state index in [9.17, 15) is 19.2 Å². The third-order valence-electron chi connectivity index (χ3n) is 7.47. The number of allylic oxidation sites excluding steroid dienone is 2. The Kier molecular flexibility index (Phi) is 4.03. The van der Waals surface area contributed by atoms with E-state index in [1.165, 1.54) is 17.9 Å². The molecule has 0 aromatic heterocycles. The number of amides is 2. The van der Waals surface area contributed by atoms with Gasteiger partial charge in [-0.2, -0.15) is 0 Å². The fourth-order valence-corrected chi connectivity index (χ4v) is 5.91. The Balaban J connectivity index is 1.25. The number of carbonyl (C=O) groups excluding carboxylic acids is 4. The molecule has 2 aromatic rings. The normalized spacial score (nSPS) is 31.3. The SMILES string of the molecule is CC(=O)c1ccc(OC(=O)c2cccc(N3C(=O)[C@@H]4[C@H]5C=C[C@@H]([C@@H]6C[C@H]56)[C@@H]4C3=O)c2)cc1. The molecule has 0 N–H and O–H groups in total. The summed E-state index contributed by atoms with van der Waals surface area (Å²) in [5.41, 5.74) is 1.18. The molecule has 1 aliphatic heterocycles. The van der Waals surface area contributed by atoms with Crippen LogP contribution in [-0.2, 0) is 9.59 Å². The lowest BCUT2D eigenvalue weighted by atomic mass is 9.63. The molecule has 2 bridgehead atoms. The van der Waals surface area contributed by atoms with E-state index < -0.39 is 5.97 Å². The van der Waals surface area contributed by atoms with Gasteiger partial charge in [0.1, 0.15) is 5.75 Å². The van der Waals surface area contributed by atoms with Crippen molar-refractivity contribution in [3.63, 3.8) is 0 Å². The Hall–Kier alpha value is -3.54. The molecule has 7 rings (SSSR count). The van der Waals surface area contributed by atoms with Gasteiger partial charge in [0.15, 0.2) is 5.78 Å². The van der Waals surface area contributed by atoms with E-state index in [1.807, 2.05) is 0 Å². The van der Waals surface area contributed by atoms with E-state index in [-0.39, 0.29) is 46.8 Å². The number of rotatable bonds is 4. The number of ketones is 1. The Morgan fingerprint density at radius 3 is 2.09 bits per heavy atom. The zero-order valence-electron chi connectivity index (χ0n) is 17.4. The minimum atomic E-state index is -0.595. The third-order valence-corrected chi connectivity index (χ3v) is 7.47. The second-order valence-electron chi connectivity index (χ2n) is 9.19. The van der Waals surface area contributed by atoms with Crippen molar-refractivity contribution in [2.24, 2.45) is 35.5 Å².